The Balaban J connectivity index is 2.24. The van der Waals surface area contributed by atoms with Crippen molar-refractivity contribution in [3.8, 4) is 0 Å². The summed E-state index contributed by atoms with van der Waals surface area (Å²) >= 11 is 0. The molecule has 0 aliphatic carbocycles. The SMILES string of the molecule is Cc1cccc(Nc2nccn2C(C)C)c1. The van der Waals surface area contributed by atoms with E-state index < -0.39 is 0 Å². The van der Waals surface area contributed by atoms with Crippen LogP contribution in [0.15, 0.2) is 36.7 Å². The molecular formula is C13H17N3. The summed E-state index contributed by atoms with van der Waals surface area (Å²) in [6.45, 7) is 6.37. The van der Waals surface area contributed by atoms with Gasteiger partial charge in [-0.1, -0.05) is 12.1 Å². The van der Waals surface area contributed by atoms with Gasteiger partial charge in [0.25, 0.3) is 0 Å². The molecule has 1 heterocycles. The van der Waals surface area contributed by atoms with E-state index in [2.05, 4.69) is 47.8 Å². The molecule has 1 aromatic heterocycles. The van der Waals surface area contributed by atoms with Crippen molar-refractivity contribution in [1.82, 2.24) is 9.55 Å². The molecule has 3 heteroatoms. The van der Waals surface area contributed by atoms with Crippen LogP contribution < -0.4 is 5.32 Å². The Kier molecular flexibility index (Phi) is 2.95. The Bertz CT molecular complexity index is 472. The molecule has 0 radical (unpaired) electrons. The van der Waals surface area contributed by atoms with Gasteiger partial charge in [-0.3, -0.25) is 0 Å². The molecule has 0 amide bonds. The third-order valence-electron chi connectivity index (χ3n) is 2.50. The van der Waals surface area contributed by atoms with Gasteiger partial charge in [-0.05, 0) is 38.5 Å². The van der Waals surface area contributed by atoms with E-state index >= 15 is 0 Å². The monoisotopic (exact) mass is 215 g/mol. The zero-order chi connectivity index (χ0) is 11.5. The summed E-state index contributed by atoms with van der Waals surface area (Å²) in [5.41, 5.74) is 2.32. The summed E-state index contributed by atoms with van der Waals surface area (Å²) in [6.07, 6.45) is 3.81. The van der Waals surface area contributed by atoms with E-state index in [9.17, 15) is 0 Å². The predicted octanol–water partition coefficient (Wildman–Crippen LogP) is 3.52. The van der Waals surface area contributed by atoms with Crippen LogP contribution in [-0.2, 0) is 0 Å². The highest BCUT2D eigenvalue weighted by Crippen LogP contribution is 2.18. The topological polar surface area (TPSA) is 29.9 Å². The van der Waals surface area contributed by atoms with Crippen LogP contribution in [0.25, 0.3) is 0 Å². The number of imidazole rings is 1. The number of hydrogen-bond acceptors (Lipinski definition) is 2. The second-order valence-corrected chi connectivity index (χ2v) is 4.25. The average molecular weight is 215 g/mol. The van der Waals surface area contributed by atoms with Crippen LogP contribution in [0.5, 0.6) is 0 Å². The lowest BCUT2D eigenvalue weighted by Gasteiger charge is -2.12. The van der Waals surface area contributed by atoms with E-state index in [1.165, 1.54) is 5.56 Å². The van der Waals surface area contributed by atoms with Crippen LogP contribution in [0, 0.1) is 6.92 Å². The number of aryl methyl sites for hydroxylation is 1. The second-order valence-electron chi connectivity index (χ2n) is 4.25. The van der Waals surface area contributed by atoms with Gasteiger partial charge in [0.05, 0.1) is 0 Å². The Labute approximate surface area is 96.1 Å². The van der Waals surface area contributed by atoms with Crippen LogP contribution in [-0.4, -0.2) is 9.55 Å². The zero-order valence-corrected chi connectivity index (χ0v) is 9.94. The van der Waals surface area contributed by atoms with Crippen LogP contribution in [0.4, 0.5) is 11.6 Å². The van der Waals surface area contributed by atoms with Gasteiger partial charge in [-0.25, -0.2) is 4.98 Å². The molecule has 0 aliphatic heterocycles. The second kappa shape index (κ2) is 4.39. The molecule has 0 unspecified atom stereocenters. The van der Waals surface area contributed by atoms with Crippen LogP contribution in [0.1, 0.15) is 25.5 Å². The molecule has 0 atom stereocenters. The molecule has 1 N–H and O–H groups in total. The highest BCUT2D eigenvalue weighted by atomic mass is 15.2. The molecule has 1 aromatic carbocycles. The molecule has 0 bridgehead atoms. The molecular weight excluding hydrogens is 198 g/mol. The van der Waals surface area contributed by atoms with Gasteiger partial charge in [-0.15, -0.1) is 0 Å². The quantitative estimate of drug-likeness (QED) is 0.849. The van der Waals surface area contributed by atoms with Crippen LogP contribution in [0.3, 0.4) is 0 Å². The third-order valence-corrected chi connectivity index (χ3v) is 2.50. The van der Waals surface area contributed by atoms with Gasteiger partial charge in [0, 0.05) is 24.1 Å². The first-order valence-electron chi connectivity index (χ1n) is 5.53. The minimum absolute atomic E-state index is 0.412. The maximum atomic E-state index is 4.31. The minimum Gasteiger partial charge on any atom is -0.326 e. The summed E-state index contributed by atoms with van der Waals surface area (Å²) in [5.74, 6) is 0.889. The van der Waals surface area contributed by atoms with Gasteiger partial charge in [0.2, 0.25) is 5.95 Å². The smallest absolute Gasteiger partial charge is 0.207 e. The van der Waals surface area contributed by atoms with E-state index in [1.54, 1.807) is 0 Å². The van der Waals surface area contributed by atoms with Crippen molar-refractivity contribution in [3.63, 3.8) is 0 Å². The van der Waals surface area contributed by atoms with Crippen molar-refractivity contribution in [2.45, 2.75) is 26.8 Å². The van der Waals surface area contributed by atoms with Gasteiger partial charge in [0.1, 0.15) is 0 Å². The first kappa shape index (κ1) is 10.7. The molecule has 84 valence electrons. The molecule has 0 fully saturated rings. The minimum atomic E-state index is 0.412. The van der Waals surface area contributed by atoms with Gasteiger partial charge in [0.15, 0.2) is 0 Å². The normalized spacial score (nSPS) is 10.8. The van der Waals surface area contributed by atoms with Gasteiger partial charge < -0.3 is 9.88 Å². The third kappa shape index (κ3) is 2.24. The molecule has 0 saturated heterocycles. The van der Waals surface area contributed by atoms with E-state index in [-0.39, 0.29) is 0 Å². The summed E-state index contributed by atoms with van der Waals surface area (Å²) in [5, 5.41) is 3.33. The Hall–Kier alpha value is -1.77. The lowest BCUT2D eigenvalue weighted by Crippen LogP contribution is -2.05. The van der Waals surface area contributed by atoms with Crippen LogP contribution >= 0.6 is 0 Å². The summed E-state index contributed by atoms with van der Waals surface area (Å²) in [4.78, 5) is 4.31. The van der Waals surface area contributed by atoms with Crippen molar-refractivity contribution in [3.05, 3.63) is 42.2 Å². The number of nitrogens with zero attached hydrogens (tertiary/aromatic N) is 2. The fourth-order valence-electron chi connectivity index (χ4n) is 1.68. The lowest BCUT2D eigenvalue weighted by molar-refractivity contribution is 0.608. The van der Waals surface area contributed by atoms with E-state index in [0.717, 1.165) is 11.6 Å². The Morgan fingerprint density at radius 3 is 2.81 bits per heavy atom. The molecule has 16 heavy (non-hydrogen) atoms. The predicted molar refractivity (Wildman–Crippen MR) is 67.1 cm³/mol. The molecule has 3 nitrogen and oxygen atoms in total. The van der Waals surface area contributed by atoms with E-state index in [0.29, 0.717) is 6.04 Å². The van der Waals surface area contributed by atoms with Gasteiger partial charge >= 0.3 is 0 Å². The first-order chi connectivity index (χ1) is 7.66. The summed E-state index contributed by atoms with van der Waals surface area (Å²) in [6, 6.07) is 8.70. The maximum Gasteiger partial charge on any atom is 0.207 e. The van der Waals surface area contributed by atoms with Crippen LogP contribution in [0.2, 0.25) is 0 Å². The summed E-state index contributed by atoms with van der Waals surface area (Å²) < 4.78 is 2.11. The molecule has 0 saturated carbocycles. The number of hydrogen-bond donors (Lipinski definition) is 1. The van der Waals surface area contributed by atoms with E-state index in [1.807, 2.05) is 24.5 Å². The number of anilines is 2. The standard InChI is InChI=1S/C13H17N3/c1-10(2)16-8-7-14-13(16)15-12-6-4-5-11(3)9-12/h4-10H,1-3H3,(H,14,15). The molecule has 0 aliphatic rings. The fraction of sp³-hybridized carbons (Fsp3) is 0.308. The van der Waals surface area contributed by atoms with Crippen molar-refractivity contribution < 1.29 is 0 Å². The molecule has 0 spiro atoms. The number of aromatic nitrogens is 2. The Morgan fingerprint density at radius 2 is 2.12 bits per heavy atom. The van der Waals surface area contributed by atoms with Crippen molar-refractivity contribution in [1.29, 1.82) is 0 Å². The zero-order valence-electron chi connectivity index (χ0n) is 9.94. The summed E-state index contributed by atoms with van der Waals surface area (Å²) in [7, 11) is 0. The number of benzene rings is 1. The first-order valence-corrected chi connectivity index (χ1v) is 5.53. The maximum absolute atomic E-state index is 4.31. The highest BCUT2D eigenvalue weighted by molar-refractivity contribution is 5.54. The number of rotatable bonds is 3. The van der Waals surface area contributed by atoms with E-state index in [4.69, 9.17) is 0 Å². The average Bonchev–Trinajstić information content (AvgIpc) is 2.66. The van der Waals surface area contributed by atoms with Crippen molar-refractivity contribution in [2.75, 3.05) is 5.32 Å². The molecule has 2 rings (SSSR count). The van der Waals surface area contributed by atoms with Gasteiger partial charge in [-0.2, -0.15) is 0 Å². The highest BCUT2D eigenvalue weighted by Gasteiger charge is 2.05. The fourth-order valence-corrected chi connectivity index (χ4v) is 1.68. The molecule has 2 aromatic rings. The van der Waals surface area contributed by atoms with Crippen molar-refractivity contribution in [2.24, 2.45) is 0 Å². The largest absolute Gasteiger partial charge is 0.326 e. The lowest BCUT2D eigenvalue weighted by atomic mass is 10.2. The number of nitrogens with one attached hydrogen (secondary N) is 1. The van der Waals surface area contributed by atoms with Crippen molar-refractivity contribution >= 4 is 11.6 Å². The Morgan fingerprint density at radius 1 is 1.31 bits per heavy atom.